The van der Waals surface area contributed by atoms with Crippen LogP contribution in [0.5, 0.6) is 5.75 Å². The summed E-state index contributed by atoms with van der Waals surface area (Å²) in [4.78, 5) is 19.3. The van der Waals surface area contributed by atoms with Crippen LogP contribution < -0.4 is 10.3 Å². The van der Waals surface area contributed by atoms with Gasteiger partial charge in [-0.3, -0.25) is 9.36 Å². The van der Waals surface area contributed by atoms with Crippen molar-refractivity contribution in [3.8, 4) is 11.4 Å². The van der Waals surface area contributed by atoms with E-state index < -0.39 is 0 Å². The van der Waals surface area contributed by atoms with E-state index in [1.165, 1.54) is 4.57 Å². The van der Waals surface area contributed by atoms with E-state index in [4.69, 9.17) is 17.0 Å². The molecule has 0 saturated carbocycles. The van der Waals surface area contributed by atoms with Crippen molar-refractivity contribution in [2.24, 2.45) is 0 Å². The molecule has 0 aliphatic carbocycles. The fourth-order valence-electron chi connectivity index (χ4n) is 2.85. The molecule has 0 unspecified atom stereocenters. The van der Waals surface area contributed by atoms with Crippen LogP contribution in [0.2, 0.25) is 0 Å². The Hall–Kier alpha value is -2.86. The maximum atomic E-state index is 12.9. The van der Waals surface area contributed by atoms with E-state index in [2.05, 4.69) is 9.97 Å². The summed E-state index contributed by atoms with van der Waals surface area (Å²) in [7, 11) is 1.60. The van der Waals surface area contributed by atoms with Gasteiger partial charge in [-0.25, -0.2) is 0 Å². The van der Waals surface area contributed by atoms with Crippen molar-refractivity contribution >= 4 is 34.2 Å². The zero-order chi connectivity index (χ0) is 16.0. The Bertz CT molecular complexity index is 1140. The highest BCUT2D eigenvalue weighted by atomic mass is 32.1. The molecule has 0 spiro atoms. The number of hydrogen-bond donors (Lipinski definition) is 2. The Morgan fingerprint density at radius 2 is 1.78 bits per heavy atom. The summed E-state index contributed by atoms with van der Waals surface area (Å²) >= 11 is 5.41. The van der Waals surface area contributed by atoms with Gasteiger partial charge in [0.1, 0.15) is 11.3 Å². The predicted molar refractivity (Wildman–Crippen MR) is 93.1 cm³/mol. The topological polar surface area (TPSA) is 62.8 Å². The second kappa shape index (κ2) is 5.10. The van der Waals surface area contributed by atoms with Crippen LogP contribution >= 0.6 is 12.2 Å². The number of ether oxygens (including phenoxy) is 1. The molecule has 0 amide bonds. The molecule has 0 fully saturated rings. The normalized spacial score (nSPS) is 11.2. The second-order valence-electron chi connectivity index (χ2n) is 5.16. The molecule has 114 valence electrons. The molecule has 2 heterocycles. The predicted octanol–water partition coefficient (Wildman–Crippen LogP) is 3.54. The van der Waals surface area contributed by atoms with Crippen LogP contribution in [0.15, 0.2) is 53.3 Å². The second-order valence-corrected chi connectivity index (χ2v) is 5.55. The van der Waals surface area contributed by atoms with Gasteiger partial charge < -0.3 is 14.7 Å². The lowest BCUT2D eigenvalue weighted by Gasteiger charge is -2.06. The van der Waals surface area contributed by atoms with Gasteiger partial charge in [0.15, 0.2) is 4.77 Å². The quantitative estimate of drug-likeness (QED) is 0.555. The summed E-state index contributed by atoms with van der Waals surface area (Å²) in [5.41, 5.74) is 2.51. The van der Waals surface area contributed by atoms with Gasteiger partial charge in [-0.15, -0.1) is 0 Å². The fraction of sp³-hybridized carbons (Fsp3) is 0.0588. The number of fused-ring (bicyclic) bond motifs is 3. The number of para-hydroxylation sites is 1. The molecule has 4 aromatic rings. The van der Waals surface area contributed by atoms with Crippen molar-refractivity contribution in [3.63, 3.8) is 0 Å². The highest BCUT2D eigenvalue weighted by Gasteiger charge is 2.15. The maximum absolute atomic E-state index is 12.9. The average Bonchev–Trinajstić information content (AvgIpc) is 2.95. The molecule has 0 atom stereocenters. The zero-order valence-corrected chi connectivity index (χ0v) is 13.1. The Morgan fingerprint density at radius 1 is 1.00 bits per heavy atom. The SMILES string of the molecule is COc1cccc2[nH]c3c(=O)n(-c4ccccc4)c(=S)[nH]c3c12. The van der Waals surface area contributed by atoms with E-state index in [0.29, 0.717) is 21.6 Å². The lowest BCUT2D eigenvalue weighted by molar-refractivity contribution is 0.420. The third-order valence-electron chi connectivity index (χ3n) is 3.87. The van der Waals surface area contributed by atoms with E-state index in [1.807, 2.05) is 48.5 Å². The first-order chi connectivity index (χ1) is 11.2. The number of hydrogen-bond acceptors (Lipinski definition) is 3. The van der Waals surface area contributed by atoms with Crippen molar-refractivity contribution in [2.45, 2.75) is 0 Å². The fourth-order valence-corrected chi connectivity index (χ4v) is 3.14. The van der Waals surface area contributed by atoms with Crippen molar-refractivity contribution in [2.75, 3.05) is 7.11 Å². The van der Waals surface area contributed by atoms with Crippen molar-refractivity contribution in [1.82, 2.24) is 14.5 Å². The van der Waals surface area contributed by atoms with Crippen molar-refractivity contribution < 1.29 is 4.74 Å². The van der Waals surface area contributed by atoms with Crippen LogP contribution in [0.4, 0.5) is 0 Å². The van der Waals surface area contributed by atoms with E-state index in [-0.39, 0.29) is 5.56 Å². The minimum Gasteiger partial charge on any atom is -0.496 e. The molecule has 5 nitrogen and oxygen atoms in total. The summed E-state index contributed by atoms with van der Waals surface area (Å²) in [6.07, 6.45) is 0. The van der Waals surface area contributed by atoms with Crippen molar-refractivity contribution in [3.05, 3.63) is 63.7 Å². The number of methoxy groups -OCH3 is 1. The summed E-state index contributed by atoms with van der Waals surface area (Å²) < 4.78 is 7.24. The number of nitrogens with one attached hydrogen (secondary N) is 2. The molecule has 4 rings (SSSR count). The Kier molecular flexibility index (Phi) is 3.06. The van der Waals surface area contributed by atoms with Gasteiger partial charge in [0.2, 0.25) is 0 Å². The summed E-state index contributed by atoms with van der Waals surface area (Å²) in [6.45, 7) is 0. The third-order valence-corrected chi connectivity index (χ3v) is 4.16. The molecule has 2 aromatic heterocycles. The molecule has 6 heteroatoms. The number of nitrogens with zero attached hydrogens (tertiary/aromatic N) is 1. The van der Waals surface area contributed by atoms with Gasteiger partial charge in [-0.2, -0.15) is 0 Å². The molecule has 0 aliphatic rings. The Balaban J connectivity index is 2.17. The van der Waals surface area contributed by atoms with Crippen LogP contribution in [0.3, 0.4) is 0 Å². The van der Waals surface area contributed by atoms with Gasteiger partial charge >= 0.3 is 0 Å². The molecular formula is C17H13N3O2S. The largest absolute Gasteiger partial charge is 0.496 e. The first-order valence-corrected chi connectivity index (χ1v) is 7.50. The molecule has 0 aliphatic heterocycles. The van der Waals surface area contributed by atoms with Gasteiger partial charge in [0.05, 0.1) is 29.2 Å². The standard InChI is InChI=1S/C17H13N3O2S/c1-22-12-9-5-8-11-13(12)14-15(18-11)16(21)20(17(23)19-14)10-6-3-2-4-7-10/h2-9,18H,1H3,(H,19,23). The summed E-state index contributed by atoms with van der Waals surface area (Å²) in [5.74, 6) is 0.691. The van der Waals surface area contributed by atoms with E-state index in [9.17, 15) is 4.79 Å². The van der Waals surface area contributed by atoms with E-state index in [1.54, 1.807) is 7.11 Å². The number of H-pyrrole nitrogens is 2. The van der Waals surface area contributed by atoms with Crippen LogP contribution in [-0.4, -0.2) is 21.6 Å². The number of aromatic amines is 2. The van der Waals surface area contributed by atoms with Crippen LogP contribution in [0, 0.1) is 4.77 Å². The number of benzene rings is 2. The van der Waals surface area contributed by atoms with E-state index >= 15 is 0 Å². The molecular weight excluding hydrogens is 310 g/mol. The maximum Gasteiger partial charge on any atom is 0.283 e. The van der Waals surface area contributed by atoms with Crippen LogP contribution in [0.25, 0.3) is 27.6 Å². The molecule has 0 bridgehead atoms. The summed E-state index contributed by atoms with van der Waals surface area (Å²) in [5, 5.41) is 0.827. The van der Waals surface area contributed by atoms with Gasteiger partial charge in [-0.05, 0) is 36.5 Å². The molecule has 0 radical (unpaired) electrons. The van der Waals surface area contributed by atoms with Crippen LogP contribution in [-0.2, 0) is 0 Å². The molecule has 2 aromatic carbocycles. The lowest BCUT2D eigenvalue weighted by Crippen LogP contribution is -2.20. The monoisotopic (exact) mass is 323 g/mol. The van der Waals surface area contributed by atoms with Gasteiger partial charge in [0, 0.05) is 0 Å². The minimum atomic E-state index is -0.187. The minimum absolute atomic E-state index is 0.187. The number of aromatic nitrogens is 3. The lowest BCUT2D eigenvalue weighted by atomic mass is 10.2. The molecule has 23 heavy (non-hydrogen) atoms. The molecule has 0 saturated heterocycles. The Labute approximate surface area is 136 Å². The van der Waals surface area contributed by atoms with Gasteiger partial charge in [0.25, 0.3) is 5.56 Å². The van der Waals surface area contributed by atoms with Crippen molar-refractivity contribution in [1.29, 1.82) is 0 Å². The zero-order valence-electron chi connectivity index (χ0n) is 12.3. The Morgan fingerprint density at radius 3 is 2.52 bits per heavy atom. The molecule has 2 N–H and O–H groups in total. The number of rotatable bonds is 2. The first kappa shape index (κ1) is 13.8. The highest BCUT2D eigenvalue weighted by Crippen LogP contribution is 2.30. The first-order valence-electron chi connectivity index (χ1n) is 7.10. The smallest absolute Gasteiger partial charge is 0.283 e. The highest BCUT2D eigenvalue weighted by molar-refractivity contribution is 7.71. The third kappa shape index (κ3) is 1.99. The summed E-state index contributed by atoms with van der Waals surface area (Å²) in [6, 6.07) is 15.0. The van der Waals surface area contributed by atoms with Gasteiger partial charge in [-0.1, -0.05) is 24.3 Å². The van der Waals surface area contributed by atoms with Crippen LogP contribution in [0.1, 0.15) is 0 Å². The average molecular weight is 323 g/mol. The van der Waals surface area contributed by atoms with E-state index in [0.717, 1.165) is 16.6 Å².